The van der Waals surface area contributed by atoms with Crippen LogP contribution in [0.1, 0.15) is 12.8 Å². The Labute approximate surface area is 199 Å². The van der Waals surface area contributed by atoms with Gasteiger partial charge in [0.1, 0.15) is 17.9 Å². The number of methoxy groups -OCH3 is 1. The van der Waals surface area contributed by atoms with Crippen molar-refractivity contribution in [2.75, 3.05) is 25.5 Å². The Kier molecular flexibility index (Phi) is 6.80. The predicted octanol–water partition coefficient (Wildman–Crippen LogP) is 4.78. The molecular weight excluding hydrogens is 472 g/mol. The Balaban J connectivity index is 1.63. The molecule has 4 rings (SSSR count). The number of halogens is 3. The summed E-state index contributed by atoms with van der Waals surface area (Å²) >= 11 is 11.8. The van der Waals surface area contributed by atoms with Crippen LogP contribution in [0.25, 0.3) is 11.0 Å². The molecule has 0 aliphatic carbocycles. The summed E-state index contributed by atoms with van der Waals surface area (Å²) in [4.78, 5) is 26.5. The van der Waals surface area contributed by atoms with Crippen LogP contribution in [0.15, 0.2) is 37.2 Å². The summed E-state index contributed by atoms with van der Waals surface area (Å²) in [5.74, 6) is 0.110. The van der Waals surface area contributed by atoms with E-state index in [0.717, 1.165) is 0 Å². The van der Waals surface area contributed by atoms with Crippen molar-refractivity contribution in [3.05, 3.63) is 53.0 Å². The molecule has 1 fully saturated rings. The van der Waals surface area contributed by atoms with E-state index in [1.165, 1.54) is 31.6 Å². The molecule has 1 aromatic carbocycles. The van der Waals surface area contributed by atoms with Crippen molar-refractivity contribution in [2.45, 2.75) is 18.9 Å². The lowest BCUT2D eigenvalue weighted by molar-refractivity contribution is -0.127. The van der Waals surface area contributed by atoms with Crippen molar-refractivity contribution < 1.29 is 18.7 Å². The first-order valence-corrected chi connectivity index (χ1v) is 10.8. The lowest BCUT2D eigenvalue weighted by Gasteiger charge is -2.31. The van der Waals surface area contributed by atoms with Crippen LogP contribution in [0.5, 0.6) is 11.6 Å². The number of amides is 1. The average Bonchev–Trinajstić information content (AvgIpc) is 2.84. The molecule has 1 aliphatic heterocycles. The topological polar surface area (TPSA) is 89.5 Å². The van der Waals surface area contributed by atoms with Crippen molar-refractivity contribution >= 4 is 51.6 Å². The summed E-state index contributed by atoms with van der Waals surface area (Å²) in [5, 5.41) is 2.80. The maximum atomic E-state index is 14.5. The fourth-order valence-electron chi connectivity index (χ4n) is 3.50. The normalized spacial score (nSPS) is 14.2. The minimum Gasteiger partial charge on any atom is -0.491 e. The van der Waals surface area contributed by atoms with Gasteiger partial charge in [0, 0.05) is 32.0 Å². The van der Waals surface area contributed by atoms with Gasteiger partial charge < -0.3 is 19.7 Å². The summed E-state index contributed by atoms with van der Waals surface area (Å²) in [7, 11) is 1.51. The Morgan fingerprint density at radius 3 is 2.76 bits per heavy atom. The number of hydrogen-bond donors (Lipinski definition) is 1. The number of fused-ring (bicyclic) bond motifs is 1. The number of aromatic nitrogens is 3. The van der Waals surface area contributed by atoms with Crippen LogP contribution in [0, 0.1) is 5.82 Å². The number of carbonyl (C=O) groups excluding carboxylic acids is 1. The number of carbonyl (C=O) groups is 1. The Morgan fingerprint density at radius 1 is 1.30 bits per heavy atom. The molecular formula is C22H20Cl2FN5O3. The number of pyridine rings is 1. The number of anilines is 2. The van der Waals surface area contributed by atoms with E-state index in [1.807, 2.05) is 0 Å². The van der Waals surface area contributed by atoms with Gasteiger partial charge in [0.15, 0.2) is 17.4 Å². The van der Waals surface area contributed by atoms with Gasteiger partial charge in [0.25, 0.3) is 5.88 Å². The van der Waals surface area contributed by atoms with E-state index in [2.05, 4.69) is 26.8 Å². The summed E-state index contributed by atoms with van der Waals surface area (Å²) in [6, 6.07) is 4.61. The minimum absolute atomic E-state index is 0.0868. The second-order valence-electron chi connectivity index (χ2n) is 7.28. The van der Waals surface area contributed by atoms with Crippen molar-refractivity contribution in [1.29, 1.82) is 0 Å². The maximum absolute atomic E-state index is 14.5. The molecule has 0 bridgehead atoms. The molecule has 1 aliphatic rings. The summed E-state index contributed by atoms with van der Waals surface area (Å²) in [6.45, 7) is 4.63. The van der Waals surface area contributed by atoms with Crippen LogP contribution >= 0.6 is 23.2 Å². The van der Waals surface area contributed by atoms with Gasteiger partial charge in [-0.1, -0.05) is 29.8 Å². The van der Waals surface area contributed by atoms with E-state index in [1.54, 1.807) is 11.0 Å². The Hall–Kier alpha value is -3.17. The van der Waals surface area contributed by atoms with Crippen molar-refractivity contribution in [3.8, 4) is 11.6 Å². The Morgan fingerprint density at radius 2 is 2.06 bits per heavy atom. The summed E-state index contributed by atoms with van der Waals surface area (Å²) in [6.07, 6.45) is 3.74. The first-order valence-electron chi connectivity index (χ1n) is 10.1. The highest BCUT2D eigenvalue weighted by Crippen LogP contribution is 2.35. The third kappa shape index (κ3) is 4.79. The van der Waals surface area contributed by atoms with E-state index in [-0.39, 0.29) is 39.4 Å². The molecule has 172 valence electrons. The number of nitrogens with one attached hydrogen (secondary N) is 1. The monoisotopic (exact) mass is 491 g/mol. The molecule has 0 unspecified atom stereocenters. The van der Waals surface area contributed by atoms with Crippen LogP contribution < -0.4 is 14.8 Å². The first-order chi connectivity index (χ1) is 15.9. The molecule has 0 saturated carbocycles. The zero-order valence-corrected chi connectivity index (χ0v) is 19.2. The lowest BCUT2D eigenvalue weighted by atomic mass is 10.1. The van der Waals surface area contributed by atoms with Crippen molar-refractivity contribution in [1.82, 2.24) is 19.9 Å². The molecule has 3 heterocycles. The molecule has 0 spiro atoms. The zero-order valence-electron chi connectivity index (χ0n) is 17.6. The van der Waals surface area contributed by atoms with E-state index in [9.17, 15) is 9.18 Å². The second kappa shape index (κ2) is 9.76. The van der Waals surface area contributed by atoms with E-state index in [0.29, 0.717) is 42.7 Å². The third-order valence-corrected chi connectivity index (χ3v) is 6.04. The molecule has 2 aromatic heterocycles. The van der Waals surface area contributed by atoms with Crippen molar-refractivity contribution in [3.63, 3.8) is 0 Å². The average molecular weight is 492 g/mol. The number of benzene rings is 1. The third-order valence-electron chi connectivity index (χ3n) is 5.26. The molecule has 33 heavy (non-hydrogen) atoms. The van der Waals surface area contributed by atoms with Crippen LogP contribution in [-0.2, 0) is 4.79 Å². The predicted molar refractivity (Wildman–Crippen MR) is 124 cm³/mol. The van der Waals surface area contributed by atoms with E-state index in [4.69, 9.17) is 32.7 Å². The van der Waals surface area contributed by atoms with Crippen molar-refractivity contribution in [2.24, 2.45) is 0 Å². The van der Waals surface area contributed by atoms with E-state index < -0.39 is 5.82 Å². The lowest BCUT2D eigenvalue weighted by Crippen LogP contribution is -2.41. The van der Waals surface area contributed by atoms with Gasteiger partial charge in [0.05, 0.1) is 28.4 Å². The van der Waals surface area contributed by atoms with Gasteiger partial charge in [-0.3, -0.25) is 4.79 Å². The molecule has 11 heteroatoms. The highest BCUT2D eigenvalue weighted by Gasteiger charge is 2.25. The van der Waals surface area contributed by atoms with Crippen LogP contribution in [0.3, 0.4) is 0 Å². The maximum Gasteiger partial charge on any atom is 0.258 e. The highest BCUT2D eigenvalue weighted by molar-refractivity contribution is 6.42. The van der Waals surface area contributed by atoms with Gasteiger partial charge in [0.2, 0.25) is 5.91 Å². The number of ether oxygens (including phenoxy) is 2. The number of hydrogen-bond acceptors (Lipinski definition) is 7. The largest absolute Gasteiger partial charge is 0.491 e. The second-order valence-corrected chi connectivity index (χ2v) is 8.07. The molecule has 1 amide bonds. The van der Waals surface area contributed by atoms with Gasteiger partial charge in [-0.15, -0.1) is 0 Å². The molecule has 3 aromatic rings. The zero-order chi connectivity index (χ0) is 23.5. The molecule has 0 radical (unpaired) electrons. The SMILES string of the molecule is C=CC(=O)N1CCC(Oc2nc3c(Nc4ccc(Cl)c(Cl)c4F)ncnc3cc2OC)CC1. The number of rotatable bonds is 6. The number of piperidine rings is 1. The molecule has 8 nitrogen and oxygen atoms in total. The van der Waals surface area contributed by atoms with E-state index >= 15 is 0 Å². The fraction of sp³-hybridized carbons (Fsp3) is 0.273. The van der Waals surface area contributed by atoms with Gasteiger partial charge in [-0.2, -0.15) is 0 Å². The molecule has 0 atom stereocenters. The van der Waals surface area contributed by atoms with Crippen LogP contribution in [0.2, 0.25) is 10.0 Å². The van der Waals surface area contributed by atoms with Crippen LogP contribution in [0.4, 0.5) is 15.9 Å². The fourth-order valence-corrected chi connectivity index (χ4v) is 3.81. The number of likely N-dealkylation sites (tertiary alicyclic amines) is 1. The van der Waals surface area contributed by atoms with Crippen LogP contribution in [-0.4, -0.2) is 52.1 Å². The first kappa shape index (κ1) is 23.0. The highest BCUT2D eigenvalue weighted by atomic mass is 35.5. The quantitative estimate of drug-likeness (QED) is 0.391. The smallest absolute Gasteiger partial charge is 0.258 e. The van der Waals surface area contributed by atoms with Gasteiger partial charge in [-0.25, -0.2) is 19.3 Å². The minimum atomic E-state index is -0.707. The number of nitrogens with zero attached hydrogens (tertiary/aromatic N) is 4. The summed E-state index contributed by atoms with van der Waals surface area (Å²) < 4.78 is 26.1. The molecule has 1 saturated heterocycles. The Bertz CT molecular complexity index is 1220. The molecule has 1 N–H and O–H groups in total. The standard InChI is InChI=1S/C22H20Cl2FN5O3/c1-3-17(31)30-8-6-12(7-9-30)33-22-16(32-2)10-15-20(29-22)21(27-11-26-15)28-14-5-4-13(23)18(24)19(14)25/h3-5,10-12H,1,6-9H2,2H3,(H,26,27,28). The van der Waals surface area contributed by atoms with Gasteiger partial charge in [-0.05, 0) is 18.2 Å². The summed E-state index contributed by atoms with van der Waals surface area (Å²) in [5.41, 5.74) is 0.922. The van der Waals surface area contributed by atoms with Gasteiger partial charge >= 0.3 is 0 Å².